The third kappa shape index (κ3) is 6.01. The van der Waals surface area contributed by atoms with Crippen LogP contribution in [-0.4, -0.2) is 32.9 Å². The largest absolute Gasteiger partial charge is 0.301 e. The number of carbonyl (C=O) groups excluding carboxylic acids is 1. The molecule has 0 radical (unpaired) electrons. The number of thioether (sulfide) groups is 1. The fourth-order valence-corrected chi connectivity index (χ4v) is 5.21. The average Bonchev–Trinajstić information content (AvgIpc) is 3.00. The molecule has 1 N–H and O–H groups in total. The van der Waals surface area contributed by atoms with Crippen LogP contribution in [0.1, 0.15) is 54.9 Å². The minimum absolute atomic E-state index is 0.0205. The number of hydrogen-bond acceptors (Lipinski definition) is 4. The first kappa shape index (κ1) is 24.5. The molecule has 3 rings (SSSR count). The summed E-state index contributed by atoms with van der Waals surface area (Å²) in [6.07, 6.45) is 6.71. The van der Waals surface area contributed by atoms with E-state index in [1.807, 2.05) is 0 Å². The molecule has 0 saturated carbocycles. The smallest absolute Gasteiger partial charge is 0.292 e. The van der Waals surface area contributed by atoms with Crippen LogP contribution >= 0.6 is 11.8 Å². The van der Waals surface area contributed by atoms with Crippen molar-refractivity contribution in [2.45, 2.75) is 49.8 Å². The van der Waals surface area contributed by atoms with E-state index in [1.54, 1.807) is 36.0 Å². The third-order valence-electron chi connectivity index (χ3n) is 5.22. The molecule has 1 aliphatic heterocycles. The number of benzene rings is 2. The third-order valence-corrected chi connectivity index (χ3v) is 6.89. The van der Waals surface area contributed by atoms with Crippen molar-refractivity contribution < 1.29 is 22.0 Å². The summed E-state index contributed by atoms with van der Waals surface area (Å²) in [5, 5.41) is 0. The van der Waals surface area contributed by atoms with E-state index < -0.39 is 28.4 Å². The molecule has 0 aliphatic carbocycles. The number of unbranched alkanes of at least 4 members (excludes halogenated alkanes) is 4. The van der Waals surface area contributed by atoms with E-state index in [9.17, 15) is 22.0 Å². The molecule has 0 spiro atoms. The maximum atomic E-state index is 14.8. The van der Waals surface area contributed by atoms with Gasteiger partial charge in [-0.1, -0.05) is 44.7 Å². The molecule has 1 aliphatic rings. The number of nitrogens with zero attached hydrogens (tertiary/aromatic N) is 1. The second kappa shape index (κ2) is 10.2. The summed E-state index contributed by atoms with van der Waals surface area (Å²) in [6.45, 7) is 1.38. The van der Waals surface area contributed by atoms with Crippen molar-refractivity contribution in [3.05, 3.63) is 53.6 Å². The molecule has 2 aromatic carbocycles. The van der Waals surface area contributed by atoms with Crippen molar-refractivity contribution in [3.63, 3.8) is 0 Å². The standard InChI is InChI=1S/C23H28F2N2O3S2/c1-3-4-5-6-9-14-31-17-12-13-21-19(15-17)23(24,25)16-27(21)22(28)18-10-7-8-11-20(18)26-32(2,29)30/h7-8,10-13,15,26H,3-6,9,14,16H2,1-2H3. The van der Waals surface area contributed by atoms with Crippen LogP contribution in [-0.2, 0) is 15.9 Å². The number of carbonyl (C=O) groups is 1. The van der Waals surface area contributed by atoms with Gasteiger partial charge >= 0.3 is 0 Å². The minimum atomic E-state index is -3.63. The zero-order valence-electron chi connectivity index (χ0n) is 18.2. The average molecular weight is 483 g/mol. The van der Waals surface area contributed by atoms with Gasteiger partial charge < -0.3 is 4.90 Å². The summed E-state index contributed by atoms with van der Waals surface area (Å²) >= 11 is 1.55. The van der Waals surface area contributed by atoms with E-state index in [0.717, 1.165) is 34.6 Å². The molecule has 1 heterocycles. The maximum absolute atomic E-state index is 14.8. The Morgan fingerprint density at radius 3 is 2.56 bits per heavy atom. The van der Waals surface area contributed by atoms with Gasteiger partial charge in [0.05, 0.1) is 29.7 Å². The van der Waals surface area contributed by atoms with Gasteiger partial charge in [0.1, 0.15) is 0 Å². The van der Waals surface area contributed by atoms with Crippen molar-refractivity contribution in [2.75, 3.05) is 28.2 Å². The van der Waals surface area contributed by atoms with Gasteiger partial charge in [-0.25, -0.2) is 8.42 Å². The highest BCUT2D eigenvalue weighted by atomic mass is 32.2. The summed E-state index contributed by atoms with van der Waals surface area (Å²) in [5.41, 5.74) is 0.0657. The molecule has 1 amide bonds. The number of hydrogen-bond donors (Lipinski definition) is 1. The Balaban J connectivity index is 1.79. The van der Waals surface area contributed by atoms with Gasteiger partial charge in [-0.05, 0) is 42.5 Å². The highest BCUT2D eigenvalue weighted by Crippen LogP contribution is 2.45. The molecule has 0 saturated heterocycles. The summed E-state index contributed by atoms with van der Waals surface area (Å²) in [4.78, 5) is 14.9. The van der Waals surface area contributed by atoms with E-state index in [2.05, 4.69) is 11.6 Å². The zero-order chi connectivity index (χ0) is 23.4. The summed E-state index contributed by atoms with van der Waals surface area (Å²) in [7, 11) is -3.63. The van der Waals surface area contributed by atoms with Crippen LogP contribution in [0.25, 0.3) is 0 Å². The SMILES string of the molecule is CCCCCCCSc1ccc2c(c1)C(F)(F)CN2C(=O)c1ccccc1NS(C)(=O)=O. The van der Waals surface area contributed by atoms with E-state index in [0.29, 0.717) is 0 Å². The van der Waals surface area contributed by atoms with Crippen LogP contribution in [0.3, 0.4) is 0 Å². The van der Waals surface area contributed by atoms with Crippen LogP contribution < -0.4 is 9.62 Å². The number of para-hydroxylation sites is 1. The minimum Gasteiger partial charge on any atom is -0.301 e. The van der Waals surface area contributed by atoms with Crippen LogP contribution in [0.2, 0.25) is 0 Å². The number of rotatable bonds is 10. The summed E-state index contributed by atoms with van der Waals surface area (Å²) in [6, 6.07) is 10.8. The molecule has 0 atom stereocenters. The summed E-state index contributed by atoms with van der Waals surface area (Å²) < 4.78 is 55.2. The fraction of sp³-hybridized carbons (Fsp3) is 0.435. The Bertz CT molecular complexity index is 1070. The predicted octanol–water partition coefficient (Wildman–Crippen LogP) is 5.87. The van der Waals surface area contributed by atoms with Gasteiger partial charge in [-0.2, -0.15) is 8.78 Å². The molecule has 174 valence electrons. The van der Waals surface area contributed by atoms with E-state index >= 15 is 0 Å². The number of amides is 1. The second-order valence-corrected chi connectivity index (χ2v) is 10.9. The Morgan fingerprint density at radius 1 is 1.12 bits per heavy atom. The Hall–Kier alpha value is -2.13. The van der Waals surface area contributed by atoms with Crippen LogP contribution in [0.5, 0.6) is 0 Å². The first-order valence-corrected chi connectivity index (χ1v) is 13.5. The van der Waals surface area contributed by atoms with Gasteiger partial charge in [-0.15, -0.1) is 11.8 Å². The van der Waals surface area contributed by atoms with Gasteiger partial charge in [-0.3, -0.25) is 9.52 Å². The molecule has 0 bridgehead atoms. The number of anilines is 2. The van der Waals surface area contributed by atoms with Gasteiger partial charge in [0.15, 0.2) is 0 Å². The molecule has 0 unspecified atom stereocenters. The van der Waals surface area contributed by atoms with Crippen molar-refractivity contribution in [1.29, 1.82) is 0 Å². The van der Waals surface area contributed by atoms with E-state index in [4.69, 9.17) is 0 Å². The lowest BCUT2D eigenvalue weighted by Gasteiger charge is -2.19. The van der Waals surface area contributed by atoms with E-state index in [-0.39, 0.29) is 22.5 Å². The lowest BCUT2D eigenvalue weighted by atomic mass is 10.1. The monoisotopic (exact) mass is 482 g/mol. The van der Waals surface area contributed by atoms with Crippen molar-refractivity contribution in [1.82, 2.24) is 0 Å². The number of nitrogens with one attached hydrogen (secondary N) is 1. The molecular weight excluding hydrogens is 454 g/mol. The van der Waals surface area contributed by atoms with Crippen LogP contribution in [0, 0.1) is 0 Å². The Labute approximate surface area is 192 Å². The fourth-order valence-electron chi connectivity index (χ4n) is 3.68. The first-order valence-electron chi connectivity index (χ1n) is 10.7. The molecule has 0 aromatic heterocycles. The van der Waals surface area contributed by atoms with Gasteiger partial charge in [0, 0.05) is 10.5 Å². The predicted molar refractivity (Wildman–Crippen MR) is 126 cm³/mol. The lowest BCUT2D eigenvalue weighted by Crippen LogP contribution is -2.33. The first-order chi connectivity index (χ1) is 15.1. The van der Waals surface area contributed by atoms with Gasteiger partial charge in [0.2, 0.25) is 10.0 Å². The number of halogens is 2. The lowest BCUT2D eigenvalue weighted by molar-refractivity contribution is 0.0136. The van der Waals surface area contributed by atoms with Crippen molar-refractivity contribution in [2.24, 2.45) is 0 Å². The normalized spacial score (nSPS) is 14.9. The molecule has 32 heavy (non-hydrogen) atoms. The molecule has 5 nitrogen and oxygen atoms in total. The topological polar surface area (TPSA) is 66.5 Å². The molecular formula is C23H28F2N2O3S2. The van der Waals surface area contributed by atoms with Gasteiger partial charge in [0.25, 0.3) is 11.8 Å². The molecule has 0 fully saturated rings. The zero-order valence-corrected chi connectivity index (χ0v) is 19.9. The quantitative estimate of drug-likeness (QED) is 0.340. The number of alkyl halides is 2. The number of fused-ring (bicyclic) bond motifs is 1. The summed E-state index contributed by atoms with van der Waals surface area (Å²) in [5.74, 6) is -2.99. The second-order valence-electron chi connectivity index (χ2n) is 7.96. The Kier molecular flexibility index (Phi) is 7.82. The van der Waals surface area contributed by atoms with Crippen LogP contribution in [0.4, 0.5) is 20.2 Å². The number of sulfonamides is 1. The highest BCUT2D eigenvalue weighted by Gasteiger charge is 2.46. The molecule has 2 aromatic rings. The molecule has 9 heteroatoms. The van der Waals surface area contributed by atoms with E-state index in [1.165, 1.54) is 37.5 Å². The Morgan fingerprint density at radius 2 is 1.84 bits per heavy atom. The van der Waals surface area contributed by atoms with Crippen molar-refractivity contribution in [3.8, 4) is 0 Å². The van der Waals surface area contributed by atoms with Crippen molar-refractivity contribution >= 4 is 39.1 Å². The van der Waals surface area contributed by atoms with Crippen LogP contribution in [0.15, 0.2) is 47.4 Å². The maximum Gasteiger partial charge on any atom is 0.292 e. The highest BCUT2D eigenvalue weighted by molar-refractivity contribution is 7.99.